The van der Waals surface area contributed by atoms with E-state index in [2.05, 4.69) is 5.32 Å². The molecule has 1 N–H and O–H groups in total. The highest BCUT2D eigenvalue weighted by atomic mass is 19.1. The average Bonchev–Trinajstić information content (AvgIpc) is 3.51. The Hall–Kier alpha value is -2.51. The molecule has 1 atom stereocenters. The van der Waals surface area contributed by atoms with Crippen LogP contribution in [0.3, 0.4) is 0 Å². The van der Waals surface area contributed by atoms with E-state index in [1.807, 2.05) is 6.92 Å². The van der Waals surface area contributed by atoms with Gasteiger partial charge in [0.2, 0.25) is 0 Å². The third-order valence-corrected chi connectivity index (χ3v) is 5.34. The minimum Gasteiger partial charge on any atom is -0.455 e. The molecule has 1 aliphatic carbocycles. The Morgan fingerprint density at radius 2 is 1.86 bits per heavy atom. The van der Waals surface area contributed by atoms with Crippen LogP contribution in [0.15, 0.2) is 18.2 Å². The fourth-order valence-electron chi connectivity index (χ4n) is 3.42. The molecule has 152 valence electrons. The molecule has 1 heterocycles. The van der Waals surface area contributed by atoms with Gasteiger partial charge in [-0.3, -0.25) is 14.4 Å². The summed E-state index contributed by atoms with van der Waals surface area (Å²) in [5.74, 6) is -2.84. The largest absolute Gasteiger partial charge is 0.455 e. The van der Waals surface area contributed by atoms with Gasteiger partial charge in [0.15, 0.2) is 6.61 Å². The molecule has 8 heteroatoms. The number of carbonyl (C=O) groups excluding carboxylic acids is 3. The number of amides is 2. The third-order valence-electron chi connectivity index (χ3n) is 5.34. The molecule has 2 aliphatic rings. The number of carbonyl (C=O) groups is 3. The fraction of sp³-hybridized carbons (Fsp3) is 0.550. The van der Waals surface area contributed by atoms with E-state index in [-0.39, 0.29) is 37.2 Å². The van der Waals surface area contributed by atoms with Crippen LogP contribution in [0.25, 0.3) is 0 Å². The second-order valence-corrected chi connectivity index (χ2v) is 7.49. The summed E-state index contributed by atoms with van der Waals surface area (Å²) in [7, 11) is 0. The van der Waals surface area contributed by atoms with E-state index in [9.17, 15) is 23.2 Å². The van der Waals surface area contributed by atoms with Gasteiger partial charge in [-0.1, -0.05) is 0 Å². The molecule has 0 bridgehead atoms. The normalized spacial score (nSPS) is 18.5. The standard InChI is InChI=1S/C20H24F2N2O4/c1-12(13-2-3-13)23-18(25)11-28-20(27)14-6-8-24(9-7-14)19(26)16-5-4-15(21)10-17(16)22/h4-5,10,12-14H,2-3,6-9,11H2,1H3,(H,23,25). The molecule has 1 aliphatic heterocycles. The van der Waals surface area contributed by atoms with Crippen molar-refractivity contribution in [3.63, 3.8) is 0 Å². The van der Waals surface area contributed by atoms with Crippen molar-refractivity contribution in [2.45, 2.75) is 38.6 Å². The van der Waals surface area contributed by atoms with E-state index in [4.69, 9.17) is 4.74 Å². The Bertz CT molecular complexity index is 759. The van der Waals surface area contributed by atoms with Crippen LogP contribution >= 0.6 is 0 Å². The minimum atomic E-state index is -0.905. The van der Waals surface area contributed by atoms with Crippen molar-refractivity contribution in [1.29, 1.82) is 0 Å². The maximum atomic E-state index is 13.8. The number of esters is 1. The summed E-state index contributed by atoms with van der Waals surface area (Å²) >= 11 is 0. The second kappa shape index (κ2) is 8.67. The molecule has 0 radical (unpaired) electrons. The lowest BCUT2D eigenvalue weighted by Crippen LogP contribution is -2.42. The van der Waals surface area contributed by atoms with Crippen LogP contribution in [0, 0.1) is 23.5 Å². The molecule has 1 unspecified atom stereocenters. The van der Waals surface area contributed by atoms with Crippen molar-refractivity contribution in [2.75, 3.05) is 19.7 Å². The van der Waals surface area contributed by atoms with Gasteiger partial charge in [0.25, 0.3) is 11.8 Å². The number of likely N-dealkylation sites (tertiary alicyclic amines) is 1. The van der Waals surface area contributed by atoms with E-state index in [0.717, 1.165) is 25.0 Å². The fourth-order valence-corrected chi connectivity index (χ4v) is 3.42. The van der Waals surface area contributed by atoms with E-state index in [1.54, 1.807) is 0 Å². The quantitative estimate of drug-likeness (QED) is 0.751. The number of nitrogens with zero attached hydrogens (tertiary/aromatic N) is 1. The number of nitrogens with one attached hydrogen (secondary N) is 1. The molecular weight excluding hydrogens is 370 g/mol. The molecule has 6 nitrogen and oxygen atoms in total. The van der Waals surface area contributed by atoms with Gasteiger partial charge in [-0.2, -0.15) is 0 Å². The maximum absolute atomic E-state index is 13.8. The lowest BCUT2D eigenvalue weighted by molar-refractivity contribution is -0.154. The van der Waals surface area contributed by atoms with E-state index < -0.39 is 29.4 Å². The summed E-state index contributed by atoms with van der Waals surface area (Å²) < 4.78 is 31.9. The van der Waals surface area contributed by atoms with Crippen molar-refractivity contribution in [3.05, 3.63) is 35.4 Å². The maximum Gasteiger partial charge on any atom is 0.309 e. The SMILES string of the molecule is CC(NC(=O)COC(=O)C1CCN(C(=O)c2ccc(F)cc2F)CC1)C1CC1. The zero-order valence-electron chi connectivity index (χ0n) is 15.7. The monoisotopic (exact) mass is 394 g/mol. The van der Waals surface area contributed by atoms with Gasteiger partial charge < -0.3 is 15.0 Å². The zero-order valence-corrected chi connectivity index (χ0v) is 15.7. The molecule has 1 saturated heterocycles. The van der Waals surface area contributed by atoms with Crippen LogP contribution < -0.4 is 5.32 Å². The van der Waals surface area contributed by atoms with Crippen LogP contribution in [0.4, 0.5) is 8.78 Å². The van der Waals surface area contributed by atoms with Gasteiger partial charge in [-0.25, -0.2) is 8.78 Å². The zero-order chi connectivity index (χ0) is 20.3. The predicted molar refractivity (Wildman–Crippen MR) is 96.3 cm³/mol. The summed E-state index contributed by atoms with van der Waals surface area (Å²) in [4.78, 5) is 37.8. The number of halogens is 2. The topological polar surface area (TPSA) is 75.7 Å². The number of rotatable bonds is 6. The van der Waals surface area contributed by atoms with Crippen LogP contribution in [-0.4, -0.2) is 48.4 Å². The summed E-state index contributed by atoms with van der Waals surface area (Å²) in [6.45, 7) is 2.16. The first-order valence-corrected chi connectivity index (χ1v) is 9.55. The minimum absolute atomic E-state index is 0.0901. The molecule has 2 fully saturated rings. The first-order chi connectivity index (χ1) is 13.3. The Labute approximate surface area is 162 Å². The summed E-state index contributed by atoms with van der Waals surface area (Å²) in [6, 6.07) is 2.92. The lowest BCUT2D eigenvalue weighted by Gasteiger charge is -2.31. The van der Waals surface area contributed by atoms with Crippen molar-refractivity contribution in [3.8, 4) is 0 Å². The molecule has 2 amide bonds. The number of hydrogen-bond acceptors (Lipinski definition) is 4. The van der Waals surface area contributed by atoms with Crippen LogP contribution in [0.2, 0.25) is 0 Å². The highest BCUT2D eigenvalue weighted by molar-refractivity contribution is 5.94. The van der Waals surface area contributed by atoms with Crippen molar-refractivity contribution in [1.82, 2.24) is 10.2 Å². The number of ether oxygens (including phenoxy) is 1. The third kappa shape index (κ3) is 5.05. The molecule has 1 saturated carbocycles. The molecule has 0 spiro atoms. The van der Waals surface area contributed by atoms with E-state index in [1.165, 1.54) is 4.90 Å². The molecular formula is C20H24F2N2O4. The van der Waals surface area contributed by atoms with Gasteiger partial charge in [0, 0.05) is 25.2 Å². The van der Waals surface area contributed by atoms with Gasteiger partial charge in [-0.05, 0) is 50.7 Å². The van der Waals surface area contributed by atoms with Crippen molar-refractivity contribution in [2.24, 2.45) is 11.8 Å². The summed E-state index contributed by atoms with van der Waals surface area (Å²) in [5.41, 5.74) is -0.191. The molecule has 1 aromatic rings. The van der Waals surface area contributed by atoms with Crippen LogP contribution in [0.5, 0.6) is 0 Å². The van der Waals surface area contributed by atoms with Gasteiger partial charge in [0.1, 0.15) is 11.6 Å². The van der Waals surface area contributed by atoms with E-state index >= 15 is 0 Å². The van der Waals surface area contributed by atoms with E-state index in [0.29, 0.717) is 24.8 Å². The molecule has 3 rings (SSSR count). The van der Waals surface area contributed by atoms with Crippen molar-refractivity contribution >= 4 is 17.8 Å². The first kappa shape index (κ1) is 20.2. The van der Waals surface area contributed by atoms with Crippen LogP contribution in [0.1, 0.15) is 43.0 Å². The Balaban J connectivity index is 1.43. The average molecular weight is 394 g/mol. The second-order valence-electron chi connectivity index (χ2n) is 7.49. The number of piperidine rings is 1. The highest BCUT2D eigenvalue weighted by Gasteiger charge is 2.31. The van der Waals surface area contributed by atoms with Crippen molar-refractivity contribution < 1.29 is 27.9 Å². The summed E-state index contributed by atoms with van der Waals surface area (Å²) in [6.07, 6.45) is 2.96. The lowest BCUT2D eigenvalue weighted by atomic mass is 9.96. The van der Waals surface area contributed by atoms with Gasteiger partial charge in [-0.15, -0.1) is 0 Å². The van der Waals surface area contributed by atoms with Gasteiger partial charge in [0.05, 0.1) is 11.5 Å². The molecule has 0 aromatic heterocycles. The van der Waals surface area contributed by atoms with Gasteiger partial charge >= 0.3 is 5.97 Å². The Kier molecular flexibility index (Phi) is 6.26. The summed E-state index contributed by atoms with van der Waals surface area (Å²) in [5, 5.41) is 2.82. The Morgan fingerprint density at radius 1 is 1.18 bits per heavy atom. The predicted octanol–water partition coefficient (Wildman–Crippen LogP) is 2.27. The smallest absolute Gasteiger partial charge is 0.309 e. The molecule has 1 aromatic carbocycles. The highest BCUT2D eigenvalue weighted by Crippen LogP contribution is 2.32. The molecule has 28 heavy (non-hydrogen) atoms. The number of hydrogen-bond donors (Lipinski definition) is 1. The first-order valence-electron chi connectivity index (χ1n) is 9.55. The Morgan fingerprint density at radius 3 is 2.46 bits per heavy atom. The van der Waals surface area contributed by atoms with Crippen LogP contribution in [-0.2, 0) is 14.3 Å². The number of benzene rings is 1.